The summed E-state index contributed by atoms with van der Waals surface area (Å²) in [5.41, 5.74) is 1.15. The van der Waals surface area contributed by atoms with Gasteiger partial charge in [0.25, 0.3) is 0 Å². The van der Waals surface area contributed by atoms with Crippen LogP contribution < -0.4 is 0 Å². The topological polar surface area (TPSA) is 40.9 Å². The highest BCUT2D eigenvalue weighted by atomic mass is 35.5. The first-order valence-electron chi connectivity index (χ1n) is 5.98. The van der Waals surface area contributed by atoms with E-state index < -0.39 is 17.5 Å². The second kappa shape index (κ2) is 5.85. The molecule has 0 fully saturated rings. The van der Waals surface area contributed by atoms with Crippen molar-refractivity contribution < 1.29 is 9.18 Å². The van der Waals surface area contributed by atoms with Crippen LogP contribution >= 0.6 is 11.6 Å². The molecule has 0 aliphatic carbocycles. The largest absolute Gasteiger partial charge is 0.292 e. The molecule has 0 heterocycles. The number of Topliss-reactive ketones (excluding diaryl/α,β-unsaturated/α-hetero) is 1. The zero-order chi connectivity index (χ0) is 14.7. The first kappa shape index (κ1) is 14.2. The molecule has 100 valence electrons. The fraction of sp³-hybridized carbons (Fsp3) is 0.125. The maximum Gasteiger partial charge on any atom is 0.187 e. The van der Waals surface area contributed by atoms with Crippen molar-refractivity contribution in [2.75, 3.05) is 0 Å². The number of ketones is 1. The van der Waals surface area contributed by atoms with Gasteiger partial charge in [-0.15, -0.1) is 0 Å². The van der Waals surface area contributed by atoms with Crippen molar-refractivity contribution in [1.29, 1.82) is 5.26 Å². The third kappa shape index (κ3) is 2.87. The van der Waals surface area contributed by atoms with E-state index in [-0.39, 0.29) is 5.56 Å². The monoisotopic (exact) mass is 287 g/mol. The van der Waals surface area contributed by atoms with E-state index in [2.05, 4.69) is 0 Å². The summed E-state index contributed by atoms with van der Waals surface area (Å²) < 4.78 is 13.8. The molecule has 0 aliphatic heterocycles. The summed E-state index contributed by atoms with van der Waals surface area (Å²) in [6, 6.07) is 12.7. The van der Waals surface area contributed by atoms with Gasteiger partial charge in [-0.05, 0) is 36.8 Å². The predicted molar refractivity (Wildman–Crippen MR) is 75.3 cm³/mol. The van der Waals surface area contributed by atoms with Gasteiger partial charge in [-0.3, -0.25) is 4.79 Å². The SMILES string of the molecule is Cc1ccc(F)c(C(=O)C(C#N)c2cccc(Cl)c2)c1. The van der Waals surface area contributed by atoms with E-state index in [0.29, 0.717) is 10.6 Å². The van der Waals surface area contributed by atoms with Crippen LogP contribution in [0.2, 0.25) is 5.02 Å². The predicted octanol–water partition coefficient (Wildman–Crippen LogP) is 4.28. The zero-order valence-electron chi connectivity index (χ0n) is 10.7. The Kier molecular flexibility index (Phi) is 4.16. The summed E-state index contributed by atoms with van der Waals surface area (Å²) in [5.74, 6) is -2.25. The van der Waals surface area contributed by atoms with E-state index in [1.54, 1.807) is 37.3 Å². The Hall–Kier alpha value is -2.18. The number of carbonyl (C=O) groups is 1. The third-order valence-corrected chi connectivity index (χ3v) is 3.20. The molecule has 2 aromatic rings. The van der Waals surface area contributed by atoms with Crippen molar-refractivity contribution in [3.63, 3.8) is 0 Å². The molecule has 20 heavy (non-hydrogen) atoms. The number of carbonyl (C=O) groups excluding carboxylic acids is 1. The zero-order valence-corrected chi connectivity index (χ0v) is 11.5. The summed E-state index contributed by atoms with van der Waals surface area (Å²) in [6.45, 7) is 1.76. The fourth-order valence-electron chi connectivity index (χ4n) is 1.95. The summed E-state index contributed by atoms with van der Waals surface area (Å²) in [6.07, 6.45) is 0. The van der Waals surface area contributed by atoms with Crippen molar-refractivity contribution in [2.45, 2.75) is 12.8 Å². The Balaban J connectivity index is 2.45. The summed E-state index contributed by atoms with van der Waals surface area (Å²) >= 11 is 5.86. The number of benzene rings is 2. The first-order chi connectivity index (χ1) is 9.52. The Morgan fingerprint density at radius 1 is 1.30 bits per heavy atom. The molecule has 0 radical (unpaired) electrons. The molecular formula is C16H11ClFNO. The summed E-state index contributed by atoms with van der Waals surface area (Å²) in [5, 5.41) is 9.66. The smallest absolute Gasteiger partial charge is 0.187 e. The van der Waals surface area contributed by atoms with Gasteiger partial charge in [0.05, 0.1) is 11.6 Å². The normalized spacial score (nSPS) is 11.7. The standard InChI is InChI=1S/C16H11ClFNO/c1-10-5-6-15(18)13(7-10)16(20)14(9-19)11-3-2-4-12(17)8-11/h2-8,14H,1H3. The van der Waals surface area contributed by atoms with Crippen molar-refractivity contribution in [3.05, 3.63) is 70.0 Å². The molecule has 2 rings (SSSR count). The molecule has 0 aliphatic rings. The molecule has 0 saturated heterocycles. The highest BCUT2D eigenvalue weighted by Gasteiger charge is 2.24. The highest BCUT2D eigenvalue weighted by molar-refractivity contribution is 6.30. The van der Waals surface area contributed by atoms with E-state index in [1.807, 2.05) is 6.07 Å². The first-order valence-corrected chi connectivity index (χ1v) is 6.36. The fourth-order valence-corrected chi connectivity index (χ4v) is 2.15. The highest BCUT2D eigenvalue weighted by Crippen LogP contribution is 2.24. The minimum atomic E-state index is -1.06. The van der Waals surface area contributed by atoms with Gasteiger partial charge < -0.3 is 0 Å². The minimum Gasteiger partial charge on any atom is -0.292 e. The lowest BCUT2D eigenvalue weighted by Crippen LogP contribution is -2.13. The molecule has 2 nitrogen and oxygen atoms in total. The van der Waals surface area contributed by atoms with Gasteiger partial charge >= 0.3 is 0 Å². The number of nitriles is 1. The lowest BCUT2D eigenvalue weighted by molar-refractivity contribution is 0.0975. The van der Waals surface area contributed by atoms with Crippen LogP contribution in [0.15, 0.2) is 42.5 Å². The minimum absolute atomic E-state index is 0.0727. The molecule has 0 bridgehead atoms. The Bertz CT molecular complexity index is 706. The van der Waals surface area contributed by atoms with E-state index in [0.717, 1.165) is 5.56 Å². The van der Waals surface area contributed by atoms with Gasteiger partial charge in [0.2, 0.25) is 0 Å². The Morgan fingerprint density at radius 3 is 2.70 bits per heavy atom. The molecule has 1 unspecified atom stereocenters. The maximum atomic E-state index is 13.8. The van der Waals surface area contributed by atoms with Gasteiger partial charge in [0.1, 0.15) is 11.7 Å². The van der Waals surface area contributed by atoms with Crippen LogP contribution in [0.1, 0.15) is 27.4 Å². The third-order valence-electron chi connectivity index (χ3n) is 2.96. The van der Waals surface area contributed by atoms with Gasteiger partial charge in [0.15, 0.2) is 5.78 Å². The molecule has 0 aromatic heterocycles. The van der Waals surface area contributed by atoms with E-state index in [9.17, 15) is 14.4 Å². The molecule has 4 heteroatoms. The van der Waals surface area contributed by atoms with Crippen LogP contribution in [0.5, 0.6) is 0 Å². The van der Waals surface area contributed by atoms with Gasteiger partial charge in [0, 0.05) is 5.02 Å². The van der Waals surface area contributed by atoms with E-state index in [1.165, 1.54) is 12.1 Å². The molecule has 0 N–H and O–H groups in total. The van der Waals surface area contributed by atoms with Gasteiger partial charge in [-0.1, -0.05) is 35.4 Å². The molecule has 0 saturated carbocycles. The Labute approximate surface area is 121 Å². The molecule has 1 atom stereocenters. The van der Waals surface area contributed by atoms with Gasteiger partial charge in [-0.2, -0.15) is 5.26 Å². The maximum absolute atomic E-state index is 13.8. The quantitative estimate of drug-likeness (QED) is 0.791. The summed E-state index contributed by atoms with van der Waals surface area (Å²) in [4.78, 5) is 12.4. The van der Waals surface area contributed by atoms with Crippen LogP contribution in [0.25, 0.3) is 0 Å². The Morgan fingerprint density at radius 2 is 2.05 bits per heavy atom. The van der Waals surface area contributed by atoms with E-state index >= 15 is 0 Å². The van der Waals surface area contributed by atoms with Crippen LogP contribution in [0, 0.1) is 24.1 Å². The van der Waals surface area contributed by atoms with Gasteiger partial charge in [-0.25, -0.2) is 4.39 Å². The number of rotatable bonds is 3. The number of halogens is 2. The summed E-state index contributed by atoms with van der Waals surface area (Å²) in [7, 11) is 0. The van der Waals surface area contributed by atoms with Crippen LogP contribution in [-0.4, -0.2) is 5.78 Å². The second-order valence-corrected chi connectivity index (χ2v) is 4.90. The van der Waals surface area contributed by atoms with Crippen molar-refractivity contribution in [2.24, 2.45) is 0 Å². The average molecular weight is 288 g/mol. The van der Waals surface area contributed by atoms with Crippen molar-refractivity contribution in [1.82, 2.24) is 0 Å². The second-order valence-electron chi connectivity index (χ2n) is 4.46. The molecule has 2 aromatic carbocycles. The molecular weight excluding hydrogens is 277 g/mol. The number of aryl methyl sites for hydroxylation is 1. The lowest BCUT2D eigenvalue weighted by Gasteiger charge is -2.10. The lowest BCUT2D eigenvalue weighted by atomic mass is 9.91. The molecule has 0 amide bonds. The number of hydrogen-bond acceptors (Lipinski definition) is 2. The van der Waals surface area contributed by atoms with Crippen LogP contribution in [0.3, 0.4) is 0 Å². The average Bonchev–Trinajstić information content (AvgIpc) is 2.42. The van der Waals surface area contributed by atoms with Crippen molar-refractivity contribution >= 4 is 17.4 Å². The number of nitrogens with zero attached hydrogens (tertiary/aromatic N) is 1. The molecule has 0 spiro atoms. The van der Waals surface area contributed by atoms with Crippen LogP contribution in [0.4, 0.5) is 4.39 Å². The van der Waals surface area contributed by atoms with Crippen molar-refractivity contribution in [3.8, 4) is 6.07 Å². The van der Waals surface area contributed by atoms with E-state index in [4.69, 9.17) is 11.6 Å². The van der Waals surface area contributed by atoms with Crippen LogP contribution in [-0.2, 0) is 0 Å². The number of hydrogen-bond donors (Lipinski definition) is 0.